The molecule has 4 rings (SSSR count). The van der Waals surface area contributed by atoms with E-state index in [1.807, 2.05) is 31.2 Å². The molecule has 1 amide bonds. The number of nitrogens with one attached hydrogen (secondary N) is 3. The Labute approximate surface area is 180 Å². The number of carbonyl (C=O) groups is 1. The summed E-state index contributed by atoms with van der Waals surface area (Å²) in [5, 5.41) is 2.82. The summed E-state index contributed by atoms with van der Waals surface area (Å²) in [6.45, 7) is 1.90. The molecule has 1 aromatic heterocycles. The van der Waals surface area contributed by atoms with Crippen LogP contribution < -0.4 is 10.0 Å². The molecule has 31 heavy (non-hydrogen) atoms. The van der Waals surface area contributed by atoms with Gasteiger partial charge in [-0.1, -0.05) is 29.8 Å². The minimum atomic E-state index is -3.66. The third-order valence-corrected chi connectivity index (χ3v) is 6.18. The summed E-state index contributed by atoms with van der Waals surface area (Å²) in [6.07, 6.45) is 0.774. The SMILES string of the molecule is Cc1ccc(S(=O)(=O)Nc2ccc(NC(=O)CCc3nc4ccccc4[nH]3)cc2)cc1. The number of sulfonamides is 1. The standard InChI is InChI=1S/C23H22N4O3S/c1-16-6-12-19(13-7-16)31(29,30)27-18-10-8-17(9-11-18)24-23(28)15-14-22-25-20-4-2-3-5-21(20)26-22/h2-13,27H,14-15H2,1H3,(H,24,28)(H,25,26). The van der Waals surface area contributed by atoms with Crippen LogP contribution >= 0.6 is 0 Å². The van der Waals surface area contributed by atoms with Crippen LogP contribution in [-0.4, -0.2) is 24.3 Å². The molecule has 3 N–H and O–H groups in total. The van der Waals surface area contributed by atoms with Gasteiger partial charge in [-0.25, -0.2) is 13.4 Å². The summed E-state index contributed by atoms with van der Waals surface area (Å²) in [4.78, 5) is 20.1. The number of carbonyl (C=O) groups excluding carboxylic acids is 1. The number of para-hydroxylation sites is 2. The average Bonchev–Trinajstić information content (AvgIpc) is 3.17. The zero-order valence-electron chi connectivity index (χ0n) is 16.9. The number of imidazole rings is 1. The van der Waals surface area contributed by atoms with Gasteiger partial charge in [-0.15, -0.1) is 0 Å². The molecule has 0 fully saturated rings. The van der Waals surface area contributed by atoms with Crippen molar-refractivity contribution < 1.29 is 13.2 Å². The van der Waals surface area contributed by atoms with E-state index in [1.54, 1.807) is 48.5 Å². The molecule has 0 unspecified atom stereocenters. The molecular formula is C23H22N4O3S. The van der Waals surface area contributed by atoms with Gasteiger partial charge in [0.25, 0.3) is 10.0 Å². The Hall–Kier alpha value is -3.65. The summed E-state index contributed by atoms with van der Waals surface area (Å²) in [6, 6.07) is 20.9. The van der Waals surface area contributed by atoms with E-state index in [0.29, 0.717) is 17.8 Å². The second-order valence-electron chi connectivity index (χ2n) is 7.24. The number of fused-ring (bicyclic) bond motifs is 1. The lowest BCUT2D eigenvalue weighted by atomic mass is 10.2. The molecule has 158 valence electrons. The Morgan fingerprint density at radius 1 is 0.935 bits per heavy atom. The Bertz CT molecular complexity index is 1280. The van der Waals surface area contributed by atoms with Crippen molar-refractivity contribution in [2.75, 3.05) is 10.0 Å². The van der Waals surface area contributed by atoms with Crippen LogP contribution in [0.25, 0.3) is 11.0 Å². The summed E-state index contributed by atoms with van der Waals surface area (Å²) in [5.41, 5.74) is 3.82. The van der Waals surface area contributed by atoms with Gasteiger partial charge in [0.1, 0.15) is 5.82 Å². The highest BCUT2D eigenvalue weighted by molar-refractivity contribution is 7.92. The molecule has 1 heterocycles. The van der Waals surface area contributed by atoms with Crippen molar-refractivity contribution in [2.45, 2.75) is 24.7 Å². The van der Waals surface area contributed by atoms with E-state index in [1.165, 1.54) is 0 Å². The van der Waals surface area contributed by atoms with E-state index in [-0.39, 0.29) is 17.2 Å². The molecule has 0 aliphatic carbocycles. The van der Waals surface area contributed by atoms with Gasteiger partial charge in [0.15, 0.2) is 0 Å². The zero-order chi connectivity index (χ0) is 21.8. The number of anilines is 2. The summed E-state index contributed by atoms with van der Waals surface area (Å²) in [7, 11) is -3.66. The minimum absolute atomic E-state index is 0.145. The highest BCUT2D eigenvalue weighted by Crippen LogP contribution is 2.19. The number of nitrogens with zero attached hydrogens (tertiary/aromatic N) is 1. The number of aromatic amines is 1. The zero-order valence-corrected chi connectivity index (χ0v) is 17.7. The Morgan fingerprint density at radius 3 is 2.32 bits per heavy atom. The number of H-pyrrole nitrogens is 1. The molecule has 0 spiro atoms. The van der Waals surface area contributed by atoms with Crippen molar-refractivity contribution in [2.24, 2.45) is 0 Å². The van der Waals surface area contributed by atoms with Gasteiger partial charge in [-0.05, 0) is 55.5 Å². The first-order valence-corrected chi connectivity index (χ1v) is 11.3. The van der Waals surface area contributed by atoms with Gasteiger partial charge >= 0.3 is 0 Å². The van der Waals surface area contributed by atoms with Crippen LogP contribution in [0.3, 0.4) is 0 Å². The lowest BCUT2D eigenvalue weighted by molar-refractivity contribution is -0.116. The van der Waals surface area contributed by atoms with Gasteiger partial charge in [-0.3, -0.25) is 9.52 Å². The van der Waals surface area contributed by atoms with Crippen molar-refractivity contribution in [3.05, 3.63) is 84.2 Å². The third kappa shape index (κ3) is 5.10. The van der Waals surface area contributed by atoms with Gasteiger partial charge in [0.05, 0.1) is 15.9 Å². The molecule has 0 aliphatic heterocycles. The average molecular weight is 435 g/mol. The lowest BCUT2D eigenvalue weighted by Crippen LogP contribution is -2.14. The van der Waals surface area contributed by atoms with Crippen molar-refractivity contribution in [1.82, 2.24) is 9.97 Å². The highest BCUT2D eigenvalue weighted by Gasteiger charge is 2.14. The molecule has 8 heteroatoms. The summed E-state index contributed by atoms with van der Waals surface area (Å²) in [5.74, 6) is 0.616. The predicted molar refractivity (Wildman–Crippen MR) is 121 cm³/mol. The predicted octanol–water partition coefficient (Wildman–Crippen LogP) is 4.24. The number of aromatic nitrogens is 2. The maximum absolute atomic E-state index is 12.5. The normalized spacial score (nSPS) is 11.4. The van der Waals surface area contributed by atoms with Crippen LogP contribution in [0.5, 0.6) is 0 Å². The van der Waals surface area contributed by atoms with Crippen molar-refractivity contribution in [3.63, 3.8) is 0 Å². The number of hydrogen-bond donors (Lipinski definition) is 3. The number of amides is 1. The molecular weight excluding hydrogens is 412 g/mol. The third-order valence-electron chi connectivity index (χ3n) is 4.78. The largest absolute Gasteiger partial charge is 0.342 e. The molecule has 0 atom stereocenters. The molecule has 0 aliphatic rings. The molecule has 0 saturated carbocycles. The topological polar surface area (TPSA) is 104 Å². The van der Waals surface area contributed by atoms with E-state index in [0.717, 1.165) is 22.4 Å². The van der Waals surface area contributed by atoms with Crippen LogP contribution in [0.4, 0.5) is 11.4 Å². The summed E-state index contributed by atoms with van der Waals surface area (Å²) >= 11 is 0. The second-order valence-corrected chi connectivity index (χ2v) is 8.93. The van der Waals surface area contributed by atoms with E-state index in [9.17, 15) is 13.2 Å². The Kier molecular flexibility index (Phi) is 5.73. The minimum Gasteiger partial charge on any atom is -0.342 e. The first-order chi connectivity index (χ1) is 14.9. The van der Waals surface area contributed by atoms with Gasteiger partial charge in [0, 0.05) is 24.2 Å². The van der Waals surface area contributed by atoms with Crippen molar-refractivity contribution >= 4 is 38.3 Å². The highest BCUT2D eigenvalue weighted by atomic mass is 32.2. The molecule has 7 nitrogen and oxygen atoms in total. The molecule has 0 bridgehead atoms. The Balaban J connectivity index is 1.33. The maximum atomic E-state index is 12.5. The second kappa shape index (κ2) is 8.61. The van der Waals surface area contributed by atoms with Crippen LogP contribution in [0, 0.1) is 6.92 Å². The fourth-order valence-electron chi connectivity index (χ4n) is 3.13. The first kappa shape index (κ1) is 20.6. The van der Waals surface area contributed by atoms with Crippen molar-refractivity contribution in [3.8, 4) is 0 Å². The lowest BCUT2D eigenvalue weighted by Gasteiger charge is -2.10. The van der Waals surface area contributed by atoms with E-state index < -0.39 is 10.0 Å². The van der Waals surface area contributed by atoms with Crippen molar-refractivity contribution in [1.29, 1.82) is 0 Å². The van der Waals surface area contributed by atoms with Crippen LogP contribution in [0.1, 0.15) is 17.8 Å². The first-order valence-electron chi connectivity index (χ1n) is 9.82. The number of benzene rings is 3. The quantitative estimate of drug-likeness (QED) is 0.405. The fourth-order valence-corrected chi connectivity index (χ4v) is 4.19. The van der Waals surface area contributed by atoms with Crippen LogP contribution in [-0.2, 0) is 21.2 Å². The smallest absolute Gasteiger partial charge is 0.261 e. The van der Waals surface area contributed by atoms with Crippen LogP contribution in [0.2, 0.25) is 0 Å². The number of rotatable bonds is 7. The molecule has 0 radical (unpaired) electrons. The monoisotopic (exact) mass is 434 g/mol. The number of hydrogen-bond acceptors (Lipinski definition) is 4. The maximum Gasteiger partial charge on any atom is 0.261 e. The molecule has 4 aromatic rings. The fraction of sp³-hybridized carbons (Fsp3) is 0.130. The van der Waals surface area contributed by atoms with Crippen LogP contribution in [0.15, 0.2) is 77.7 Å². The van der Waals surface area contributed by atoms with E-state index >= 15 is 0 Å². The Morgan fingerprint density at radius 2 is 1.61 bits per heavy atom. The molecule has 3 aromatic carbocycles. The van der Waals surface area contributed by atoms with Gasteiger partial charge in [-0.2, -0.15) is 0 Å². The number of aryl methyl sites for hydroxylation is 2. The van der Waals surface area contributed by atoms with E-state index in [2.05, 4.69) is 20.0 Å². The summed E-state index contributed by atoms with van der Waals surface area (Å²) < 4.78 is 27.5. The van der Waals surface area contributed by atoms with Gasteiger partial charge in [0.2, 0.25) is 5.91 Å². The molecule has 0 saturated heterocycles. The van der Waals surface area contributed by atoms with E-state index in [4.69, 9.17) is 0 Å². The van der Waals surface area contributed by atoms with Gasteiger partial charge < -0.3 is 10.3 Å².